The van der Waals surface area contributed by atoms with Gasteiger partial charge in [-0.3, -0.25) is 4.79 Å². The first-order valence-electron chi connectivity index (χ1n) is 9.06. The van der Waals surface area contributed by atoms with Crippen LogP contribution in [-0.2, 0) is 6.42 Å². The van der Waals surface area contributed by atoms with Gasteiger partial charge in [0.05, 0.1) is 11.3 Å². The van der Waals surface area contributed by atoms with E-state index >= 15 is 0 Å². The number of amides is 1. The molecular weight excluding hydrogens is 312 g/mol. The number of rotatable bonds is 5. The summed E-state index contributed by atoms with van der Waals surface area (Å²) < 4.78 is 0. The van der Waals surface area contributed by atoms with Crippen LogP contribution in [0.15, 0.2) is 42.9 Å². The highest BCUT2D eigenvalue weighted by atomic mass is 16.2. The van der Waals surface area contributed by atoms with Crippen LogP contribution in [0.3, 0.4) is 0 Å². The maximum Gasteiger partial charge on any atom is 0.257 e. The minimum atomic E-state index is 0.0595. The molecule has 1 aromatic heterocycles. The summed E-state index contributed by atoms with van der Waals surface area (Å²) in [5, 5.41) is 0. The second-order valence-corrected chi connectivity index (χ2v) is 6.60. The quantitative estimate of drug-likeness (QED) is 0.841. The molecule has 0 N–H and O–H groups in total. The van der Waals surface area contributed by atoms with Crippen molar-refractivity contribution in [3.8, 4) is 0 Å². The lowest BCUT2D eigenvalue weighted by atomic mass is 10.1. The Hall–Kier alpha value is -2.27. The van der Waals surface area contributed by atoms with Crippen LogP contribution in [0.5, 0.6) is 0 Å². The number of carbonyl (C=O) groups excluding carboxylic acids is 1. The number of hydrogen-bond donors (Lipinski definition) is 0. The molecule has 5 nitrogen and oxygen atoms in total. The highest BCUT2D eigenvalue weighted by molar-refractivity contribution is 5.94. The van der Waals surface area contributed by atoms with Crippen LogP contribution in [0, 0.1) is 6.92 Å². The summed E-state index contributed by atoms with van der Waals surface area (Å²) in [5.74, 6) is 0.0595. The summed E-state index contributed by atoms with van der Waals surface area (Å²) in [5.41, 5.74) is 2.78. The first-order valence-corrected chi connectivity index (χ1v) is 9.06. The van der Waals surface area contributed by atoms with E-state index in [-0.39, 0.29) is 5.91 Å². The number of carbonyl (C=O) groups is 1. The van der Waals surface area contributed by atoms with Gasteiger partial charge in [0.15, 0.2) is 0 Å². The van der Waals surface area contributed by atoms with Crippen molar-refractivity contribution in [3.63, 3.8) is 0 Å². The number of nitrogens with zero attached hydrogens (tertiary/aromatic N) is 4. The summed E-state index contributed by atoms with van der Waals surface area (Å²) >= 11 is 0. The Morgan fingerprint density at radius 2 is 1.96 bits per heavy atom. The molecule has 0 bridgehead atoms. The Morgan fingerprint density at radius 3 is 2.76 bits per heavy atom. The van der Waals surface area contributed by atoms with Crippen LogP contribution in [0.25, 0.3) is 0 Å². The first-order chi connectivity index (χ1) is 12.2. The van der Waals surface area contributed by atoms with Gasteiger partial charge < -0.3 is 9.80 Å². The minimum absolute atomic E-state index is 0.0595. The fraction of sp³-hybridized carbons (Fsp3) is 0.450. The molecule has 1 amide bonds. The van der Waals surface area contributed by atoms with E-state index in [4.69, 9.17) is 0 Å². The predicted molar refractivity (Wildman–Crippen MR) is 98.5 cm³/mol. The summed E-state index contributed by atoms with van der Waals surface area (Å²) in [4.78, 5) is 25.3. The van der Waals surface area contributed by atoms with E-state index in [1.165, 1.54) is 11.9 Å². The standard InChI is InChI=1S/C20H26N4O/c1-17-19(15-21-16-22-17)20(25)24-12-6-11-23(13-14-24)10-5-9-18-7-3-2-4-8-18/h2-4,7-8,15-16H,5-6,9-14H2,1H3. The van der Waals surface area contributed by atoms with E-state index < -0.39 is 0 Å². The molecule has 1 saturated heterocycles. The number of aryl methyl sites for hydroxylation is 2. The topological polar surface area (TPSA) is 49.3 Å². The molecule has 2 heterocycles. The van der Waals surface area contributed by atoms with Crippen LogP contribution < -0.4 is 0 Å². The third-order valence-corrected chi connectivity index (χ3v) is 4.80. The Balaban J connectivity index is 1.49. The predicted octanol–water partition coefficient (Wildman–Crippen LogP) is 2.57. The maximum absolute atomic E-state index is 12.7. The Morgan fingerprint density at radius 1 is 1.12 bits per heavy atom. The van der Waals surface area contributed by atoms with Crippen molar-refractivity contribution in [1.82, 2.24) is 19.8 Å². The Kier molecular flexibility index (Phi) is 6.12. The molecule has 1 fully saturated rings. The molecule has 0 unspecified atom stereocenters. The average molecular weight is 338 g/mol. The van der Waals surface area contributed by atoms with E-state index in [9.17, 15) is 4.79 Å². The molecule has 2 aromatic rings. The van der Waals surface area contributed by atoms with Gasteiger partial charge in [-0.2, -0.15) is 0 Å². The highest BCUT2D eigenvalue weighted by Gasteiger charge is 2.21. The lowest BCUT2D eigenvalue weighted by Crippen LogP contribution is -2.36. The molecule has 0 atom stereocenters. The van der Waals surface area contributed by atoms with E-state index in [1.54, 1.807) is 6.20 Å². The second-order valence-electron chi connectivity index (χ2n) is 6.60. The minimum Gasteiger partial charge on any atom is -0.337 e. The lowest BCUT2D eigenvalue weighted by molar-refractivity contribution is 0.0759. The molecule has 0 aliphatic carbocycles. The third-order valence-electron chi connectivity index (χ3n) is 4.80. The largest absolute Gasteiger partial charge is 0.337 e. The van der Waals surface area contributed by atoms with Gasteiger partial charge in [-0.05, 0) is 44.8 Å². The average Bonchev–Trinajstić information content (AvgIpc) is 2.88. The zero-order chi connectivity index (χ0) is 17.5. The van der Waals surface area contributed by atoms with Crippen LogP contribution in [0.4, 0.5) is 0 Å². The van der Waals surface area contributed by atoms with Crippen molar-refractivity contribution in [1.29, 1.82) is 0 Å². The number of benzene rings is 1. The molecule has 1 aliphatic rings. The summed E-state index contributed by atoms with van der Waals surface area (Å²) in [6.07, 6.45) is 6.41. The summed E-state index contributed by atoms with van der Waals surface area (Å²) in [6.45, 7) is 6.53. The fourth-order valence-corrected chi connectivity index (χ4v) is 3.32. The number of aromatic nitrogens is 2. The van der Waals surface area contributed by atoms with E-state index in [0.717, 1.165) is 57.7 Å². The number of hydrogen-bond acceptors (Lipinski definition) is 4. The second kappa shape index (κ2) is 8.72. The van der Waals surface area contributed by atoms with Crippen molar-refractivity contribution in [2.24, 2.45) is 0 Å². The summed E-state index contributed by atoms with van der Waals surface area (Å²) in [6, 6.07) is 10.6. The van der Waals surface area contributed by atoms with Gasteiger partial charge >= 0.3 is 0 Å². The van der Waals surface area contributed by atoms with Crippen molar-refractivity contribution in [3.05, 3.63) is 59.7 Å². The molecule has 0 saturated carbocycles. The zero-order valence-electron chi connectivity index (χ0n) is 14.9. The molecule has 3 rings (SSSR count). The van der Waals surface area contributed by atoms with E-state index in [1.807, 2.05) is 11.8 Å². The Bertz CT molecular complexity index is 689. The van der Waals surface area contributed by atoms with Gasteiger partial charge in [0.25, 0.3) is 5.91 Å². The Labute approximate surface area is 149 Å². The summed E-state index contributed by atoms with van der Waals surface area (Å²) in [7, 11) is 0. The molecular formula is C20H26N4O. The van der Waals surface area contributed by atoms with Crippen LogP contribution in [-0.4, -0.2) is 58.4 Å². The lowest BCUT2D eigenvalue weighted by Gasteiger charge is -2.22. The van der Waals surface area contributed by atoms with Crippen molar-refractivity contribution in [2.45, 2.75) is 26.2 Å². The van der Waals surface area contributed by atoms with Crippen molar-refractivity contribution >= 4 is 5.91 Å². The van der Waals surface area contributed by atoms with E-state index in [0.29, 0.717) is 5.56 Å². The van der Waals surface area contributed by atoms with Gasteiger partial charge in [0.1, 0.15) is 6.33 Å². The fourth-order valence-electron chi connectivity index (χ4n) is 3.32. The third kappa shape index (κ3) is 4.86. The highest BCUT2D eigenvalue weighted by Crippen LogP contribution is 2.11. The van der Waals surface area contributed by atoms with Gasteiger partial charge in [-0.15, -0.1) is 0 Å². The van der Waals surface area contributed by atoms with Gasteiger partial charge in [-0.1, -0.05) is 30.3 Å². The van der Waals surface area contributed by atoms with Crippen LogP contribution in [0.2, 0.25) is 0 Å². The molecule has 1 aromatic carbocycles. The molecule has 25 heavy (non-hydrogen) atoms. The van der Waals surface area contributed by atoms with Crippen molar-refractivity contribution in [2.75, 3.05) is 32.7 Å². The molecule has 5 heteroatoms. The molecule has 132 valence electrons. The monoisotopic (exact) mass is 338 g/mol. The van der Waals surface area contributed by atoms with Crippen LogP contribution >= 0.6 is 0 Å². The van der Waals surface area contributed by atoms with Gasteiger partial charge in [0.2, 0.25) is 0 Å². The van der Waals surface area contributed by atoms with E-state index in [2.05, 4.69) is 45.2 Å². The normalized spacial score (nSPS) is 15.8. The molecule has 1 aliphatic heterocycles. The van der Waals surface area contributed by atoms with Crippen molar-refractivity contribution < 1.29 is 4.79 Å². The van der Waals surface area contributed by atoms with Gasteiger partial charge in [0, 0.05) is 25.8 Å². The zero-order valence-corrected chi connectivity index (χ0v) is 14.9. The van der Waals surface area contributed by atoms with Gasteiger partial charge in [-0.25, -0.2) is 9.97 Å². The molecule has 0 spiro atoms. The maximum atomic E-state index is 12.7. The smallest absolute Gasteiger partial charge is 0.257 e. The molecule has 0 radical (unpaired) electrons. The first kappa shape index (κ1) is 17.5. The SMILES string of the molecule is Cc1ncncc1C(=O)N1CCCN(CCCc2ccccc2)CC1. The van der Waals surface area contributed by atoms with Crippen LogP contribution in [0.1, 0.15) is 34.5 Å².